The van der Waals surface area contributed by atoms with Crippen molar-refractivity contribution >= 4 is 5.91 Å². The second-order valence-corrected chi connectivity index (χ2v) is 6.65. The molecule has 1 aliphatic rings. The molecule has 5 nitrogen and oxygen atoms in total. The fraction of sp³-hybridized carbons (Fsp3) is 0.350. The Morgan fingerprint density at radius 2 is 1.56 bits per heavy atom. The number of aliphatic hydroxyl groups is 2. The van der Waals surface area contributed by atoms with Crippen molar-refractivity contribution in [3.63, 3.8) is 0 Å². The summed E-state index contributed by atoms with van der Waals surface area (Å²) in [5.41, 5.74) is 1.48. The molecule has 1 saturated heterocycles. The zero-order valence-electron chi connectivity index (χ0n) is 14.1. The predicted molar refractivity (Wildman–Crippen MR) is 95.3 cm³/mol. The lowest BCUT2D eigenvalue weighted by molar-refractivity contribution is -0.0250. The van der Waals surface area contributed by atoms with Gasteiger partial charge in [-0.05, 0) is 54.7 Å². The molecule has 132 valence electrons. The molecule has 3 rings (SSSR count). The molecule has 0 radical (unpaired) electrons. The molecule has 1 heterocycles. The van der Waals surface area contributed by atoms with Crippen LogP contribution in [0.25, 0.3) is 11.1 Å². The van der Waals surface area contributed by atoms with Gasteiger partial charge in [0, 0.05) is 18.7 Å². The first-order valence-electron chi connectivity index (χ1n) is 8.53. The number of aromatic hydroxyl groups is 1. The molecule has 1 aliphatic heterocycles. The van der Waals surface area contributed by atoms with Gasteiger partial charge in [-0.1, -0.05) is 24.3 Å². The van der Waals surface area contributed by atoms with Crippen molar-refractivity contribution in [3.05, 3.63) is 54.1 Å². The Balaban J connectivity index is 1.71. The number of hydrogen-bond donors (Lipinski definition) is 3. The van der Waals surface area contributed by atoms with Crippen LogP contribution >= 0.6 is 0 Å². The predicted octanol–water partition coefficient (Wildman–Crippen LogP) is 2.41. The molecule has 0 aromatic heterocycles. The van der Waals surface area contributed by atoms with Crippen LogP contribution in [0.4, 0.5) is 0 Å². The zero-order valence-corrected chi connectivity index (χ0v) is 14.1. The first-order chi connectivity index (χ1) is 12.0. The Kier molecular flexibility index (Phi) is 5.06. The van der Waals surface area contributed by atoms with Gasteiger partial charge in [-0.15, -0.1) is 0 Å². The Morgan fingerprint density at radius 3 is 2.16 bits per heavy atom. The smallest absolute Gasteiger partial charge is 0.253 e. The lowest BCUT2D eigenvalue weighted by Crippen LogP contribution is -2.36. The quantitative estimate of drug-likeness (QED) is 0.801. The van der Waals surface area contributed by atoms with Crippen LogP contribution in [0, 0.1) is 0 Å². The van der Waals surface area contributed by atoms with Gasteiger partial charge in [-0.25, -0.2) is 0 Å². The number of likely N-dealkylation sites (tertiary alicyclic amines) is 1. The van der Waals surface area contributed by atoms with Gasteiger partial charge < -0.3 is 20.2 Å². The standard InChI is InChI=1S/C20H23NO4/c22-14-20(25)10-1-12-21(13-11-20)19(24)17-4-2-15(3-5-17)16-6-8-18(23)9-7-16/h2-9,22-23,25H,1,10-14H2/t20-/m0/s1. The van der Waals surface area contributed by atoms with Crippen molar-refractivity contribution in [2.75, 3.05) is 19.7 Å². The molecule has 3 N–H and O–H groups in total. The fourth-order valence-electron chi connectivity index (χ4n) is 3.18. The highest BCUT2D eigenvalue weighted by Crippen LogP contribution is 2.25. The van der Waals surface area contributed by atoms with Crippen LogP contribution in [-0.4, -0.2) is 51.4 Å². The minimum Gasteiger partial charge on any atom is -0.508 e. The number of benzene rings is 2. The highest BCUT2D eigenvalue weighted by atomic mass is 16.3. The van der Waals surface area contributed by atoms with Gasteiger partial charge in [0.05, 0.1) is 12.2 Å². The van der Waals surface area contributed by atoms with E-state index in [0.29, 0.717) is 37.9 Å². The number of amides is 1. The van der Waals surface area contributed by atoms with E-state index in [1.54, 1.807) is 29.2 Å². The van der Waals surface area contributed by atoms with Gasteiger partial charge in [0.2, 0.25) is 0 Å². The average Bonchev–Trinajstić information content (AvgIpc) is 2.84. The minimum atomic E-state index is -1.07. The second kappa shape index (κ2) is 7.25. The normalized spacial score (nSPS) is 21.0. The fourth-order valence-corrected chi connectivity index (χ4v) is 3.18. The van der Waals surface area contributed by atoms with Crippen LogP contribution in [0.2, 0.25) is 0 Å². The summed E-state index contributed by atoms with van der Waals surface area (Å²) in [5.74, 6) is 0.166. The van der Waals surface area contributed by atoms with Crippen LogP contribution in [0.1, 0.15) is 29.6 Å². The summed E-state index contributed by atoms with van der Waals surface area (Å²) in [7, 11) is 0. The largest absolute Gasteiger partial charge is 0.508 e. The minimum absolute atomic E-state index is 0.0561. The maximum Gasteiger partial charge on any atom is 0.253 e. The van der Waals surface area contributed by atoms with Gasteiger partial charge in [0.1, 0.15) is 5.75 Å². The van der Waals surface area contributed by atoms with Crippen LogP contribution in [0.15, 0.2) is 48.5 Å². The number of phenols is 1. The van der Waals surface area contributed by atoms with Crippen molar-refractivity contribution < 1.29 is 20.1 Å². The van der Waals surface area contributed by atoms with Gasteiger partial charge in [0.25, 0.3) is 5.91 Å². The van der Waals surface area contributed by atoms with Crippen molar-refractivity contribution in [3.8, 4) is 16.9 Å². The molecular weight excluding hydrogens is 318 g/mol. The van der Waals surface area contributed by atoms with E-state index in [1.807, 2.05) is 24.3 Å². The number of nitrogens with zero attached hydrogens (tertiary/aromatic N) is 1. The van der Waals surface area contributed by atoms with Crippen LogP contribution in [0.3, 0.4) is 0 Å². The molecule has 0 saturated carbocycles. The van der Waals surface area contributed by atoms with Crippen LogP contribution < -0.4 is 0 Å². The molecule has 5 heteroatoms. The topological polar surface area (TPSA) is 81.0 Å². The summed E-state index contributed by atoms with van der Waals surface area (Å²) >= 11 is 0. The highest BCUT2D eigenvalue weighted by Gasteiger charge is 2.31. The van der Waals surface area contributed by atoms with E-state index in [2.05, 4.69) is 0 Å². The zero-order chi connectivity index (χ0) is 17.9. The summed E-state index contributed by atoms with van der Waals surface area (Å²) in [4.78, 5) is 14.4. The van der Waals surface area contributed by atoms with E-state index < -0.39 is 5.60 Å². The lowest BCUT2D eigenvalue weighted by Gasteiger charge is -2.24. The van der Waals surface area contributed by atoms with Gasteiger partial charge in [-0.2, -0.15) is 0 Å². The van der Waals surface area contributed by atoms with E-state index in [0.717, 1.165) is 11.1 Å². The molecular formula is C20H23NO4. The van der Waals surface area contributed by atoms with E-state index >= 15 is 0 Å². The third kappa shape index (κ3) is 4.00. The molecule has 1 fully saturated rings. The second-order valence-electron chi connectivity index (χ2n) is 6.65. The summed E-state index contributed by atoms with van der Waals surface area (Å²) < 4.78 is 0. The van der Waals surface area contributed by atoms with Gasteiger partial charge in [-0.3, -0.25) is 4.79 Å². The monoisotopic (exact) mass is 341 g/mol. The third-order valence-corrected chi connectivity index (χ3v) is 4.83. The molecule has 25 heavy (non-hydrogen) atoms. The van der Waals surface area contributed by atoms with Crippen molar-refractivity contribution in [2.24, 2.45) is 0 Å². The highest BCUT2D eigenvalue weighted by molar-refractivity contribution is 5.94. The Hall–Kier alpha value is -2.37. The molecule has 0 unspecified atom stereocenters. The number of phenolic OH excluding ortho intramolecular Hbond substituents is 1. The summed E-state index contributed by atoms with van der Waals surface area (Å²) in [6, 6.07) is 14.3. The number of rotatable bonds is 3. The molecule has 1 atom stereocenters. The average molecular weight is 341 g/mol. The molecule has 0 aliphatic carbocycles. The Bertz CT molecular complexity index is 726. The summed E-state index contributed by atoms with van der Waals surface area (Å²) in [6.45, 7) is 0.757. The molecule has 0 bridgehead atoms. The lowest BCUT2D eigenvalue weighted by atomic mass is 9.96. The summed E-state index contributed by atoms with van der Waals surface area (Å²) in [5, 5.41) is 28.9. The van der Waals surface area contributed by atoms with Crippen molar-refractivity contribution in [1.82, 2.24) is 4.90 Å². The number of carbonyl (C=O) groups excluding carboxylic acids is 1. The van der Waals surface area contributed by atoms with Crippen LogP contribution in [0.5, 0.6) is 5.75 Å². The first-order valence-corrected chi connectivity index (χ1v) is 8.53. The molecule has 2 aromatic rings. The Morgan fingerprint density at radius 1 is 0.960 bits per heavy atom. The SMILES string of the molecule is O=C(c1ccc(-c2ccc(O)cc2)cc1)N1CCC[C@@](O)(CO)CC1. The maximum absolute atomic E-state index is 12.7. The molecule has 2 aromatic carbocycles. The molecule has 1 amide bonds. The van der Waals surface area contributed by atoms with Crippen LogP contribution in [-0.2, 0) is 0 Å². The van der Waals surface area contributed by atoms with E-state index in [4.69, 9.17) is 0 Å². The number of aliphatic hydroxyl groups excluding tert-OH is 1. The van der Waals surface area contributed by atoms with Crippen molar-refractivity contribution in [1.29, 1.82) is 0 Å². The first kappa shape index (κ1) is 17.5. The van der Waals surface area contributed by atoms with Crippen molar-refractivity contribution in [2.45, 2.75) is 24.9 Å². The maximum atomic E-state index is 12.7. The van der Waals surface area contributed by atoms with E-state index in [1.165, 1.54) is 0 Å². The van der Waals surface area contributed by atoms with Gasteiger partial charge >= 0.3 is 0 Å². The number of carbonyl (C=O) groups is 1. The Labute approximate surface area is 147 Å². The summed E-state index contributed by atoms with van der Waals surface area (Å²) in [6.07, 6.45) is 1.57. The van der Waals surface area contributed by atoms with Gasteiger partial charge in [0.15, 0.2) is 0 Å². The molecule has 0 spiro atoms. The van der Waals surface area contributed by atoms with E-state index in [9.17, 15) is 20.1 Å². The van der Waals surface area contributed by atoms with E-state index in [-0.39, 0.29) is 18.3 Å². The third-order valence-electron chi connectivity index (χ3n) is 4.83. The number of hydrogen-bond acceptors (Lipinski definition) is 4.